The third kappa shape index (κ3) is 7.69. The maximum atomic E-state index is 12.5. The number of benzene rings is 2. The van der Waals surface area contributed by atoms with Crippen molar-refractivity contribution in [2.75, 3.05) is 5.32 Å². The average molecular weight is 457 g/mol. The van der Waals surface area contributed by atoms with Gasteiger partial charge in [0.25, 0.3) is 5.91 Å². The third-order valence-electron chi connectivity index (χ3n) is 3.88. The van der Waals surface area contributed by atoms with Crippen LogP contribution in [-0.2, 0) is 17.0 Å². The Morgan fingerprint density at radius 3 is 2.39 bits per heavy atom. The van der Waals surface area contributed by atoms with Crippen molar-refractivity contribution in [2.45, 2.75) is 43.0 Å². The zero-order chi connectivity index (χ0) is 22.3. The van der Waals surface area contributed by atoms with E-state index in [9.17, 15) is 9.59 Å². The van der Waals surface area contributed by atoms with Gasteiger partial charge >= 0.3 is 6.09 Å². The number of ether oxygens (including phenoxy) is 1. The van der Waals surface area contributed by atoms with Gasteiger partial charge in [-0.1, -0.05) is 65.6 Å². The normalized spacial score (nSPS) is 11.1. The summed E-state index contributed by atoms with van der Waals surface area (Å²) in [6, 6.07) is 17.1. The van der Waals surface area contributed by atoms with E-state index < -0.39 is 11.7 Å². The molecule has 2 N–H and O–H groups in total. The van der Waals surface area contributed by atoms with E-state index in [2.05, 4.69) is 33.0 Å². The van der Waals surface area contributed by atoms with Crippen molar-refractivity contribution < 1.29 is 14.3 Å². The smallest absolute Gasteiger partial charge is 0.407 e. The number of alkyl carbamates (subject to hydrolysis) is 1. The molecule has 0 saturated heterocycles. The third-order valence-corrected chi connectivity index (χ3v) is 5.93. The summed E-state index contributed by atoms with van der Waals surface area (Å²) in [6.45, 7) is 5.74. The van der Waals surface area contributed by atoms with E-state index in [1.165, 1.54) is 16.9 Å². The van der Waals surface area contributed by atoms with E-state index in [1.54, 1.807) is 36.0 Å². The number of carbonyl (C=O) groups excluding carboxylic acids is 2. The minimum Gasteiger partial charge on any atom is -0.444 e. The molecule has 2 amide bonds. The minimum atomic E-state index is -0.545. The fraction of sp³-hybridized carbons (Fsp3) is 0.273. The van der Waals surface area contributed by atoms with Crippen LogP contribution in [0.4, 0.5) is 9.93 Å². The fourth-order valence-electron chi connectivity index (χ4n) is 2.47. The molecule has 0 spiro atoms. The lowest BCUT2D eigenvalue weighted by Gasteiger charge is -2.19. The molecule has 0 radical (unpaired) electrons. The summed E-state index contributed by atoms with van der Waals surface area (Å²) in [5, 5.41) is 14.1. The standard InChI is InChI=1S/C22H24N4O3S2/c1-22(2,3)29-20(28)23-13-15-9-11-17(12-10-15)18(27)24-19-25-26-21(31-19)30-14-16-7-5-4-6-8-16/h4-12H,13-14H2,1-3H3,(H,23,28)(H,24,25,27). The summed E-state index contributed by atoms with van der Waals surface area (Å²) in [5.41, 5.74) is 2.01. The van der Waals surface area contributed by atoms with Crippen LogP contribution >= 0.6 is 23.1 Å². The molecule has 9 heteroatoms. The highest BCUT2D eigenvalue weighted by molar-refractivity contribution is 8.00. The maximum absolute atomic E-state index is 12.5. The molecule has 31 heavy (non-hydrogen) atoms. The molecule has 162 valence electrons. The molecule has 3 rings (SSSR count). The molecule has 0 unspecified atom stereocenters. The van der Waals surface area contributed by atoms with E-state index in [4.69, 9.17) is 4.74 Å². The molecule has 2 aromatic carbocycles. The highest BCUT2D eigenvalue weighted by atomic mass is 32.2. The van der Waals surface area contributed by atoms with E-state index >= 15 is 0 Å². The first-order chi connectivity index (χ1) is 14.8. The Balaban J connectivity index is 1.48. The van der Waals surface area contributed by atoms with Crippen LogP contribution in [0.2, 0.25) is 0 Å². The molecule has 1 aromatic heterocycles. The summed E-state index contributed by atoms with van der Waals surface area (Å²) in [7, 11) is 0. The quantitative estimate of drug-likeness (QED) is 0.379. The monoisotopic (exact) mass is 456 g/mol. The van der Waals surface area contributed by atoms with Gasteiger partial charge in [0.1, 0.15) is 5.60 Å². The van der Waals surface area contributed by atoms with Crippen molar-refractivity contribution in [3.63, 3.8) is 0 Å². The summed E-state index contributed by atoms with van der Waals surface area (Å²) in [5.74, 6) is 0.532. The second-order valence-electron chi connectivity index (χ2n) is 7.65. The molecular weight excluding hydrogens is 432 g/mol. The Morgan fingerprint density at radius 1 is 1.00 bits per heavy atom. The highest BCUT2D eigenvalue weighted by Gasteiger charge is 2.16. The van der Waals surface area contributed by atoms with Crippen LogP contribution in [0.1, 0.15) is 42.3 Å². The molecule has 0 atom stereocenters. The van der Waals surface area contributed by atoms with Crippen LogP contribution in [0.5, 0.6) is 0 Å². The fourth-order valence-corrected chi connectivity index (χ4v) is 4.17. The lowest BCUT2D eigenvalue weighted by molar-refractivity contribution is 0.0523. The van der Waals surface area contributed by atoms with Gasteiger partial charge < -0.3 is 10.1 Å². The van der Waals surface area contributed by atoms with Crippen molar-refractivity contribution in [3.8, 4) is 0 Å². The van der Waals surface area contributed by atoms with Gasteiger partial charge in [-0.05, 0) is 44.0 Å². The van der Waals surface area contributed by atoms with E-state index in [0.717, 1.165) is 15.7 Å². The Hall–Kier alpha value is -2.91. The van der Waals surface area contributed by atoms with Crippen LogP contribution < -0.4 is 10.6 Å². The Labute approximate surface area is 189 Å². The highest BCUT2D eigenvalue weighted by Crippen LogP contribution is 2.28. The first-order valence-electron chi connectivity index (χ1n) is 9.66. The molecular formula is C22H24N4O3S2. The molecule has 0 aliphatic heterocycles. The lowest BCUT2D eigenvalue weighted by Crippen LogP contribution is -2.32. The van der Waals surface area contributed by atoms with Crippen molar-refractivity contribution in [1.82, 2.24) is 15.5 Å². The number of hydrogen-bond acceptors (Lipinski definition) is 7. The van der Waals surface area contributed by atoms with Gasteiger partial charge in [-0.2, -0.15) is 0 Å². The van der Waals surface area contributed by atoms with Gasteiger partial charge in [0.2, 0.25) is 5.13 Å². The van der Waals surface area contributed by atoms with Crippen molar-refractivity contribution in [3.05, 3.63) is 71.3 Å². The van der Waals surface area contributed by atoms with Crippen LogP contribution in [0.3, 0.4) is 0 Å². The van der Waals surface area contributed by atoms with E-state index in [-0.39, 0.29) is 5.91 Å². The van der Waals surface area contributed by atoms with Gasteiger partial charge in [0.05, 0.1) is 0 Å². The number of anilines is 1. The number of hydrogen-bond donors (Lipinski definition) is 2. The van der Waals surface area contributed by atoms with Crippen LogP contribution in [0.25, 0.3) is 0 Å². The van der Waals surface area contributed by atoms with Gasteiger partial charge in [-0.25, -0.2) is 4.79 Å². The largest absolute Gasteiger partial charge is 0.444 e. The van der Waals surface area contributed by atoms with Gasteiger partial charge in [0.15, 0.2) is 4.34 Å². The number of nitrogens with zero attached hydrogens (tertiary/aromatic N) is 2. The number of amides is 2. The topological polar surface area (TPSA) is 93.2 Å². The predicted molar refractivity (Wildman–Crippen MR) is 123 cm³/mol. The molecule has 0 bridgehead atoms. The number of carbonyl (C=O) groups is 2. The summed E-state index contributed by atoms with van der Waals surface area (Å²) < 4.78 is 6.00. The first-order valence-corrected chi connectivity index (χ1v) is 11.5. The molecule has 0 aliphatic rings. The molecule has 0 aliphatic carbocycles. The molecule has 0 fully saturated rings. The molecule has 3 aromatic rings. The second-order valence-corrected chi connectivity index (χ2v) is 9.85. The Bertz CT molecular complexity index is 1020. The summed E-state index contributed by atoms with van der Waals surface area (Å²) in [4.78, 5) is 24.2. The van der Waals surface area contributed by atoms with Crippen molar-refractivity contribution in [1.29, 1.82) is 0 Å². The van der Waals surface area contributed by atoms with Crippen molar-refractivity contribution in [2.24, 2.45) is 0 Å². The Morgan fingerprint density at radius 2 is 1.71 bits per heavy atom. The first kappa shape index (κ1) is 22.8. The molecule has 7 nitrogen and oxygen atoms in total. The molecule has 1 heterocycles. The SMILES string of the molecule is CC(C)(C)OC(=O)NCc1ccc(C(=O)Nc2nnc(SCc3ccccc3)s2)cc1. The molecule has 0 saturated carbocycles. The number of aromatic nitrogens is 2. The zero-order valence-electron chi connectivity index (χ0n) is 17.5. The number of rotatable bonds is 7. The lowest BCUT2D eigenvalue weighted by atomic mass is 10.1. The number of nitrogens with one attached hydrogen (secondary N) is 2. The van der Waals surface area contributed by atoms with Crippen LogP contribution in [0.15, 0.2) is 58.9 Å². The van der Waals surface area contributed by atoms with Gasteiger partial charge in [-0.3, -0.25) is 10.1 Å². The number of thioether (sulfide) groups is 1. The summed E-state index contributed by atoms with van der Waals surface area (Å²) >= 11 is 2.92. The van der Waals surface area contributed by atoms with Gasteiger partial charge in [0, 0.05) is 17.9 Å². The Kier molecular flexibility index (Phi) is 7.64. The van der Waals surface area contributed by atoms with Crippen LogP contribution in [0, 0.1) is 0 Å². The average Bonchev–Trinajstić information content (AvgIpc) is 3.18. The van der Waals surface area contributed by atoms with E-state index in [0.29, 0.717) is 17.2 Å². The summed E-state index contributed by atoms with van der Waals surface area (Å²) in [6.07, 6.45) is -0.480. The van der Waals surface area contributed by atoms with Crippen molar-refractivity contribution >= 4 is 40.2 Å². The maximum Gasteiger partial charge on any atom is 0.407 e. The second kappa shape index (κ2) is 10.4. The minimum absolute atomic E-state index is 0.262. The predicted octanol–water partition coefficient (Wildman–Crippen LogP) is 5.11. The van der Waals surface area contributed by atoms with Gasteiger partial charge in [-0.15, -0.1) is 10.2 Å². The van der Waals surface area contributed by atoms with Crippen LogP contribution in [-0.4, -0.2) is 27.8 Å². The van der Waals surface area contributed by atoms with E-state index in [1.807, 2.05) is 39.0 Å². The zero-order valence-corrected chi connectivity index (χ0v) is 19.2.